The molecular weight excluding hydrogens is 301 g/mol. The predicted molar refractivity (Wildman–Crippen MR) is 75.6 cm³/mol. The topological polar surface area (TPSA) is 66.4 Å². The first-order valence-corrected chi connectivity index (χ1v) is 8.29. The van der Waals surface area contributed by atoms with Crippen molar-refractivity contribution in [2.75, 3.05) is 6.54 Å². The molecule has 4 nitrogen and oxygen atoms in total. The second-order valence-corrected chi connectivity index (χ2v) is 6.80. The van der Waals surface area contributed by atoms with E-state index in [1.54, 1.807) is 16.8 Å². The van der Waals surface area contributed by atoms with E-state index in [0.717, 1.165) is 0 Å². The minimum Gasteiger partial charge on any atom is -0.387 e. The number of rotatable bonds is 5. The Balaban J connectivity index is 2.14. The molecule has 0 saturated carbocycles. The van der Waals surface area contributed by atoms with Crippen molar-refractivity contribution in [3.8, 4) is 0 Å². The number of sulfonamides is 1. The van der Waals surface area contributed by atoms with Gasteiger partial charge in [0.25, 0.3) is 0 Å². The maximum absolute atomic E-state index is 13.4. The number of benzene rings is 1. The first-order valence-electron chi connectivity index (χ1n) is 5.87. The molecule has 1 atom stereocenters. The number of halogens is 1. The van der Waals surface area contributed by atoms with Crippen LogP contribution < -0.4 is 4.72 Å². The molecule has 0 aliphatic carbocycles. The van der Waals surface area contributed by atoms with Gasteiger partial charge in [-0.05, 0) is 41.4 Å². The Bertz CT molecular complexity index is 684. The maximum atomic E-state index is 13.4. The summed E-state index contributed by atoms with van der Waals surface area (Å²) in [7, 11) is -3.85. The van der Waals surface area contributed by atoms with Crippen molar-refractivity contribution in [1.82, 2.24) is 4.72 Å². The van der Waals surface area contributed by atoms with E-state index in [4.69, 9.17) is 0 Å². The van der Waals surface area contributed by atoms with E-state index in [-0.39, 0.29) is 17.0 Å². The molecule has 0 bridgehead atoms. The van der Waals surface area contributed by atoms with Crippen LogP contribution in [0.1, 0.15) is 17.2 Å². The van der Waals surface area contributed by atoms with Crippen molar-refractivity contribution in [3.05, 3.63) is 52.0 Å². The highest BCUT2D eigenvalue weighted by Gasteiger charge is 2.20. The Morgan fingerprint density at radius 3 is 2.80 bits per heavy atom. The molecule has 0 amide bonds. The predicted octanol–water partition coefficient (Wildman–Crippen LogP) is 2.21. The van der Waals surface area contributed by atoms with Crippen LogP contribution in [-0.4, -0.2) is 20.1 Å². The van der Waals surface area contributed by atoms with E-state index in [1.165, 1.54) is 36.5 Å². The molecule has 1 aromatic carbocycles. The van der Waals surface area contributed by atoms with Gasteiger partial charge in [0.2, 0.25) is 10.0 Å². The summed E-state index contributed by atoms with van der Waals surface area (Å²) in [6, 6.07) is 5.59. The van der Waals surface area contributed by atoms with Gasteiger partial charge in [-0.15, -0.1) is 0 Å². The summed E-state index contributed by atoms with van der Waals surface area (Å²) in [6.45, 7) is 1.24. The Kier molecular flexibility index (Phi) is 4.54. The molecule has 1 unspecified atom stereocenters. The van der Waals surface area contributed by atoms with Crippen molar-refractivity contribution in [2.24, 2.45) is 0 Å². The van der Waals surface area contributed by atoms with Gasteiger partial charge in [0.1, 0.15) is 5.82 Å². The summed E-state index contributed by atoms with van der Waals surface area (Å²) in [5, 5.41) is 13.4. The summed E-state index contributed by atoms with van der Waals surface area (Å²) >= 11 is 1.42. The molecule has 0 radical (unpaired) electrons. The van der Waals surface area contributed by atoms with Gasteiger partial charge < -0.3 is 5.11 Å². The molecule has 108 valence electrons. The molecule has 2 aromatic rings. The van der Waals surface area contributed by atoms with Gasteiger partial charge in [-0.2, -0.15) is 11.3 Å². The fourth-order valence-corrected chi connectivity index (χ4v) is 3.73. The standard InChI is InChI=1S/C13H14FNO3S2/c1-9-11(14)3-2-4-13(9)20(17,18)15-7-12(16)10-5-6-19-8-10/h2-6,8,12,15-16H,7H2,1H3. The van der Waals surface area contributed by atoms with Gasteiger partial charge in [0.05, 0.1) is 11.0 Å². The maximum Gasteiger partial charge on any atom is 0.241 e. The number of hydrogen-bond acceptors (Lipinski definition) is 4. The second-order valence-electron chi connectivity index (χ2n) is 4.29. The molecule has 2 rings (SSSR count). The molecule has 7 heteroatoms. The van der Waals surface area contributed by atoms with E-state index in [1.807, 2.05) is 0 Å². The average molecular weight is 315 g/mol. The Morgan fingerprint density at radius 1 is 1.40 bits per heavy atom. The lowest BCUT2D eigenvalue weighted by atomic mass is 10.2. The van der Waals surface area contributed by atoms with Crippen molar-refractivity contribution in [1.29, 1.82) is 0 Å². The van der Waals surface area contributed by atoms with Gasteiger partial charge >= 0.3 is 0 Å². The number of nitrogens with one attached hydrogen (secondary N) is 1. The van der Waals surface area contributed by atoms with Crippen LogP contribution in [0.2, 0.25) is 0 Å². The van der Waals surface area contributed by atoms with Crippen LogP contribution in [0, 0.1) is 12.7 Å². The Hall–Kier alpha value is -1.28. The second kappa shape index (κ2) is 6.01. The highest BCUT2D eigenvalue weighted by Crippen LogP contribution is 2.19. The van der Waals surface area contributed by atoms with Gasteiger partial charge in [-0.25, -0.2) is 17.5 Å². The van der Waals surface area contributed by atoms with Crippen LogP contribution in [-0.2, 0) is 10.0 Å². The zero-order valence-corrected chi connectivity index (χ0v) is 12.3. The van der Waals surface area contributed by atoms with Crippen molar-refractivity contribution in [2.45, 2.75) is 17.9 Å². The molecule has 0 aliphatic heterocycles. The van der Waals surface area contributed by atoms with E-state index in [9.17, 15) is 17.9 Å². The van der Waals surface area contributed by atoms with Crippen molar-refractivity contribution in [3.63, 3.8) is 0 Å². The van der Waals surface area contributed by atoms with Crippen LogP contribution in [0.5, 0.6) is 0 Å². The zero-order valence-electron chi connectivity index (χ0n) is 10.7. The van der Waals surface area contributed by atoms with E-state index in [0.29, 0.717) is 5.56 Å². The monoisotopic (exact) mass is 315 g/mol. The molecule has 1 aromatic heterocycles. The van der Waals surface area contributed by atoms with Crippen LogP contribution in [0.3, 0.4) is 0 Å². The number of aliphatic hydroxyl groups is 1. The minimum absolute atomic E-state index is 0.0602. The zero-order chi connectivity index (χ0) is 14.8. The Morgan fingerprint density at radius 2 is 2.15 bits per heavy atom. The smallest absolute Gasteiger partial charge is 0.241 e. The van der Waals surface area contributed by atoms with Crippen LogP contribution in [0.25, 0.3) is 0 Å². The quantitative estimate of drug-likeness (QED) is 0.889. The lowest BCUT2D eigenvalue weighted by Crippen LogP contribution is -2.29. The molecule has 0 fully saturated rings. The highest BCUT2D eigenvalue weighted by atomic mass is 32.2. The SMILES string of the molecule is Cc1c(F)cccc1S(=O)(=O)NCC(O)c1ccsc1. The molecule has 20 heavy (non-hydrogen) atoms. The molecular formula is C13H14FNO3S2. The third-order valence-corrected chi connectivity index (χ3v) is 5.17. The van der Waals surface area contributed by atoms with E-state index >= 15 is 0 Å². The minimum atomic E-state index is -3.85. The third-order valence-electron chi connectivity index (χ3n) is 2.90. The van der Waals surface area contributed by atoms with Crippen LogP contribution >= 0.6 is 11.3 Å². The largest absolute Gasteiger partial charge is 0.387 e. The van der Waals surface area contributed by atoms with Crippen LogP contribution in [0.15, 0.2) is 39.9 Å². The van der Waals surface area contributed by atoms with Gasteiger partial charge in [0.15, 0.2) is 0 Å². The first kappa shape index (κ1) is 15.1. The number of thiophene rings is 1. The first-order chi connectivity index (χ1) is 9.42. The number of aliphatic hydroxyl groups excluding tert-OH is 1. The summed E-state index contributed by atoms with van der Waals surface area (Å²) in [5.41, 5.74) is 0.707. The molecule has 2 N–H and O–H groups in total. The van der Waals surface area contributed by atoms with E-state index < -0.39 is 21.9 Å². The molecule has 0 saturated heterocycles. The van der Waals surface area contributed by atoms with Crippen molar-refractivity contribution >= 4 is 21.4 Å². The molecule has 0 aliphatic rings. The summed E-state index contributed by atoms with van der Waals surface area (Å²) in [4.78, 5) is -0.116. The fraction of sp³-hybridized carbons (Fsp3) is 0.231. The lowest BCUT2D eigenvalue weighted by Gasteiger charge is -2.12. The molecule has 0 spiro atoms. The summed E-state index contributed by atoms with van der Waals surface area (Å²) in [6.07, 6.45) is -0.926. The fourth-order valence-electron chi connectivity index (χ4n) is 1.73. The van der Waals surface area contributed by atoms with E-state index in [2.05, 4.69) is 4.72 Å². The van der Waals surface area contributed by atoms with Gasteiger partial charge in [-0.1, -0.05) is 6.07 Å². The summed E-state index contributed by atoms with van der Waals surface area (Å²) < 4.78 is 39.9. The lowest BCUT2D eigenvalue weighted by molar-refractivity contribution is 0.182. The van der Waals surface area contributed by atoms with Crippen molar-refractivity contribution < 1.29 is 17.9 Å². The van der Waals surface area contributed by atoms with Crippen LogP contribution in [0.4, 0.5) is 4.39 Å². The normalized spacial score (nSPS) is 13.3. The average Bonchev–Trinajstić information content (AvgIpc) is 2.93. The molecule has 1 heterocycles. The summed E-state index contributed by atoms with van der Waals surface area (Å²) in [5.74, 6) is -0.578. The highest BCUT2D eigenvalue weighted by molar-refractivity contribution is 7.89. The van der Waals surface area contributed by atoms with Gasteiger partial charge in [0, 0.05) is 12.1 Å². The third kappa shape index (κ3) is 3.24. The Labute approximate surface area is 120 Å². The van der Waals surface area contributed by atoms with Gasteiger partial charge in [-0.3, -0.25) is 0 Å². The number of hydrogen-bond donors (Lipinski definition) is 2.